The lowest BCUT2D eigenvalue weighted by Crippen LogP contribution is -2.35. The molecule has 2 fully saturated rings. The molecule has 0 saturated carbocycles. The molecule has 2 rings (SSSR count). The van der Waals surface area contributed by atoms with Crippen molar-refractivity contribution in [1.82, 2.24) is 0 Å². The highest BCUT2D eigenvalue weighted by atomic mass is 16.8. The summed E-state index contributed by atoms with van der Waals surface area (Å²) in [4.78, 5) is 0. The summed E-state index contributed by atoms with van der Waals surface area (Å²) in [5, 5.41) is 0. The van der Waals surface area contributed by atoms with Crippen LogP contribution in [-0.4, -0.2) is 31.8 Å². The second-order valence-corrected chi connectivity index (χ2v) is 2.28. The average Bonchev–Trinajstić information content (AvgIpc) is 2.35. The molecule has 4 nitrogen and oxygen atoms in total. The Morgan fingerprint density at radius 3 is 2.89 bits per heavy atom. The van der Waals surface area contributed by atoms with Crippen molar-refractivity contribution in [1.29, 1.82) is 0 Å². The fourth-order valence-corrected chi connectivity index (χ4v) is 1.13. The highest BCUT2D eigenvalue weighted by Crippen LogP contribution is 2.22. The van der Waals surface area contributed by atoms with E-state index in [9.17, 15) is 0 Å². The molecular weight excluding hydrogens is 122 g/mol. The summed E-state index contributed by atoms with van der Waals surface area (Å²) < 4.78 is 15.3. The standard InChI is InChI=1S/C5H9NO3/c6-3-1-7-5-4(3)8-2-9-5/h3-5H,1-2,6H2. The Morgan fingerprint density at radius 2 is 2.11 bits per heavy atom. The normalized spacial score (nSPS) is 49.7. The highest BCUT2D eigenvalue weighted by Gasteiger charge is 2.40. The van der Waals surface area contributed by atoms with E-state index in [0.717, 1.165) is 0 Å². The van der Waals surface area contributed by atoms with Gasteiger partial charge in [-0.15, -0.1) is 0 Å². The molecule has 0 aromatic heterocycles. The lowest BCUT2D eigenvalue weighted by Gasteiger charge is -2.06. The van der Waals surface area contributed by atoms with E-state index in [0.29, 0.717) is 13.4 Å². The Kier molecular flexibility index (Phi) is 1.19. The third kappa shape index (κ3) is 0.753. The summed E-state index contributed by atoms with van der Waals surface area (Å²) in [6.07, 6.45) is -0.218. The van der Waals surface area contributed by atoms with Crippen LogP contribution in [0.15, 0.2) is 0 Å². The summed E-state index contributed by atoms with van der Waals surface area (Å²) in [5.41, 5.74) is 5.59. The van der Waals surface area contributed by atoms with Crippen molar-refractivity contribution in [3.05, 3.63) is 0 Å². The monoisotopic (exact) mass is 131 g/mol. The van der Waals surface area contributed by atoms with Crippen molar-refractivity contribution in [3.8, 4) is 0 Å². The van der Waals surface area contributed by atoms with Gasteiger partial charge in [0.1, 0.15) is 6.10 Å². The molecular formula is C5H9NO3. The molecule has 0 aromatic carbocycles. The van der Waals surface area contributed by atoms with Crippen molar-refractivity contribution >= 4 is 0 Å². The number of fused-ring (bicyclic) bond motifs is 1. The maximum Gasteiger partial charge on any atom is 0.188 e. The predicted octanol–water partition coefficient (Wildman–Crippen LogP) is -0.957. The highest BCUT2D eigenvalue weighted by molar-refractivity contribution is 4.84. The van der Waals surface area contributed by atoms with E-state index in [1.54, 1.807) is 0 Å². The molecule has 52 valence electrons. The predicted molar refractivity (Wildman–Crippen MR) is 28.5 cm³/mol. The van der Waals surface area contributed by atoms with Gasteiger partial charge in [-0.05, 0) is 0 Å². The third-order valence-corrected chi connectivity index (χ3v) is 1.64. The molecule has 0 amide bonds. The molecule has 2 N–H and O–H groups in total. The second kappa shape index (κ2) is 1.91. The summed E-state index contributed by atoms with van der Waals surface area (Å²) in [6.45, 7) is 0.873. The first kappa shape index (κ1) is 5.61. The van der Waals surface area contributed by atoms with Crippen molar-refractivity contribution in [3.63, 3.8) is 0 Å². The van der Waals surface area contributed by atoms with E-state index in [-0.39, 0.29) is 18.4 Å². The van der Waals surface area contributed by atoms with Crippen LogP contribution in [0.3, 0.4) is 0 Å². The quantitative estimate of drug-likeness (QED) is 0.460. The van der Waals surface area contributed by atoms with Crippen LogP contribution in [0.4, 0.5) is 0 Å². The van der Waals surface area contributed by atoms with Crippen LogP contribution >= 0.6 is 0 Å². The molecule has 0 bridgehead atoms. The number of hydrogen-bond acceptors (Lipinski definition) is 4. The molecule has 0 aliphatic carbocycles. The first-order valence-electron chi connectivity index (χ1n) is 2.98. The smallest absolute Gasteiger partial charge is 0.188 e. The summed E-state index contributed by atoms with van der Waals surface area (Å²) in [5.74, 6) is 0. The van der Waals surface area contributed by atoms with Gasteiger partial charge in [-0.1, -0.05) is 0 Å². The van der Waals surface area contributed by atoms with Crippen LogP contribution < -0.4 is 5.73 Å². The van der Waals surface area contributed by atoms with Gasteiger partial charge in [0.15, 0.2) is 13.1 Å². The minimum Gasteiger partial charge on any atom is -0.348 e. The fourth-order valence-electron chi connectivity index (χ4n) is 1.13. The van der Waals surface area contributed by atoms with E-state index in [4.69, 9.17) is 19.9 Å². The zero-order valence-electron chi connectivity index (χ0n) is 4.95. The summed E-state index contributed by atoms with van der Waals surface area (Å²) in [7, 11) is 0. The zero-order chi connectivity index (χ0) is 6.27. The largest absolute Gasteiger partial charge is 0.348 e. The first-order valence-corrected chi connectivity index (χ1v) is 2.98. The number of rotatable bonds is 0. The zero-order valence-corrected chi connectivity index (χ0v) is 4.95. The Balaban J connectivity index is 2.07. The lowest BCUT2D eigenvalue weighted by molar-refractivity contribution is -0.0891. The minimum atomic E-state index is -0.194. The van der Waals surface area contributed by atoms with E-state index >= 15 is 0 Å². The van der Waals surface area contributed by atoms with Gasteiger partial charge in [0.05, 0.1) is 12.6 Å². The molecule has 9 heavy (non-hydrogen) atoms. The third-order valence-electron chi connectivity index (χ3n) is 1.64. The van der Waals surface area contributed by atoms with Crippen molar-refractivity contribution in [2.75, 3.05) is 13.4 Å². The lowest BCUT2D eigenvalue weighted by atomic mass is 10.2. The van der Waals surface area contributed by atoms with Crippen LogP contribution in [0.2, 0.25) is 0 Å². The van der Waals surface area contributed by atoms with E-state index in [1.165, 1.54) is 0 Å². The topological polar surface area (TPSA) is 53.7 Å². The van der Waals surface area contributed by atoms with E-state index in [2.05, 4.69) is 0 Å². The molecule has 4 heteroatoms. The van der Waals surface area contributed by atoms with Crippen molar-refractivity contribution < 1.29 is 14.2 Å². The van der Waals surface area contributed by atoms with Gasteiger partial charge >= 0.3 is 0 Å². The maximum atomic E-state index is 5.59. The van der Waals surface area contributed by atoms with Crippen LogP contribution in [0, 0.1) is 0 Å². The van der Waals surface area contributed by atoms with Gasteiger partial charge in [0.25, 0.3) is 0 Å². The van der Waals surface area contributed by atoms with Gasteiger partial charge in [0, 0.05) is 0 Å². The SMILES string of the molecule is NC1COC2OCOC12. The van der Waals surface area contributed by atoms with Crippen molar-refractivity contribution in [2.45, 2.75) is 18.4 Å². The number of hydrogen-bond donors (Lipinski definition) is 1. The Morgan fingerprint density at radius 1 is 1.22 bits per heavy atom. The number of ether oxygens (including phenoxy) is 3. The first-order chi connectivity index (χ1) is 4.38. The van der Waals surface area contributed by atoms with Gasteiger partial charge in [-0.25, -0.2) is 0 Å². The van der Waals surface area contributed by atoms with Gasteiger partial charge in [-0.3, -0.25) is 0 Å². The van der Waals surface area contributed by atoms with Gasteiger partial charge in [-0.2, -0.15) is 0 Å². The minimum absolute atomic E-state index is 0.00231. The molecule has 2 aliphatic rings. The molecule has 2 saturated heterocycles. The average molecular weight is 131 g/mol. The summed E-state index contributed by atoms with van der Waals surface area (Å²) in [6, 6.07) is -0.00231. The van der Waals surface area contributed by atoms with Gasteiger partial charge < -0.3 is 19.9 Å². The van der Waals surface area contributed by atoms with E-state index in [1.807, 2.05) is 0 Å². The summed E-state index contributed by atoms with van der Waals surface area (Å²) >= 11 is 0. The molecule has 2 aliphatic heterocycles. The van der Waals surface area contributed by atoms with Crippen molar-refractivity contribution in [2.24, 2.45) is 5.73 Å². The molecule has 0 radical (unpaired) electrons. The Hall–Kier alpha value is -0.160. The van der Waals surface area contributed by atoms with Crippen LogP contribution in [0.1, 0.15) is 0 Å². The maximum absolute atomic E-state index is 5.59. The molecule has 0 aromatic rings. The molecule has 3 unspecified atom stereocenters. The van der Waals surface area contributed by atoms with Crippen LogP contribution in [-0.2, 0) is 14.2 Å². The molecule has 3 atom stereocenters. The fraction of sp³-hybridized carbons (Fsp3) is 1.00. The molecule has 0 spiro atoms. The van der Waals surface area contributed by atoms with Crippen LogP contribution in [0.5, 0.6) is 0 Å². The molecule has 2 heterocycles. The Labute approximate surface area is 52.9 Å². The number of nitrogens with two attached hydrogens (primary N) is 1. The Bertz CT molecular complexity index is 119. The van der Waals surface area contributed by atoms with Gasteiger partial charge in [0.2, 0.25) is 0 Å². The van der Waals surface area contributed by atoms with E-state index < -0.39 is 0 Å². The van der Waals surface area contributed by atoms with Crippen LogP contribution in [0.25, 0.3) is 0 Å². The second-order valence-electron chi connectivity index (χ2n) is 2.28.